The average molecular weight is 409 g/mol. The van der Waals surface area contributed by atoms with Gasteiger partial charge < -0.3 is 4.74 Å². The number of unbranched alkanes of at least 4 members (excludes halogenated alkanes) is 4. The molecule has 0 atom stereocenters. The molecule has 1 heterocycles. The van der Waals surface area contributed by atoms with E-state index in [0.29, 0.717) is 0 Å². The molecule has 1 aromatic heterocycles. The van der Waals surface area contributed by atoms with E-state index >= 15 is 0 Å². The zero-order valence-electron chi connectivity index (χ0n) is 19.1. The van der Waals surface area contributed by atoms with Gasteiger partial charge in [0.2, 0.25) is 0 Å². The van der Waals surface area contributed by atoms with Gasteiger partial charge in [0.15, 0.2) is 0 Å². The van der Waals surface area contributed by atoms with E-state index in [1.54, 1.807) is 0 Å². The highest BCUT2D eigenvalue weighted by Gasteiger charge is 2.21. The normalized spacial score (nSPS) is 19.0. The fraction of sp³-hybridized carbons (Fsp3) is 0.630. The Kier molecular flexibility index (Phi) is 9.66. The van der Waals surface area contributed by atoms with Crippen LogP contribution in [0, 0.1) is 11.8 Å². The zero-order valence-corrected chi connectivity index (χ0v) is 19.1. The SMILES string of the molecule is CCCCCCCC1CCC(COc2ccc(-c3cnc(CCC)cn3)cc2)CC1. The summed E-state index contributed by atoms with van der Waals surface area (Å²) >= 11 is 0. The van der Waals surface area contributed by atoms with Crippen LogP contribution in [0.5, 0.6) is 5.75 Å². The van der Waals surface area contributed by atoms with Gasteiger partial charge >= 0.3 is 0 Å². The molecule has 164 valence electrons. The van der Waals surface area contributed by atoms with E-state index in [9.17, 15) is 0 Å². The van der Waals surface area contributed by atoms with Gasteiger partial charge in [-0.2, -0.15) is 0 Å². The van der Waals surface area contributed by atoms with E-state index in [-0.39, 0.29) is 0 Å². The standard InChI is InChI=1S/C27H40N2O/c1-3-5-6-7-8-10-22-11-13-23(14-12-22)21-30-26-17-15-24(16-18-26)27-20-28-25(9-4-2)19-29-27/h15-20,22-23H,3-14,21H2,1-2H3. The van der Waals surface area contributed by atoms with E-state index in [4.69, 9.17) is 4.74 Å². The van der Waals surface area contributed by atoms with Crippen LogP contribution in [0.2, 0.25) is 0 Å². The molecular formula is C27H40N2O. The first-order valence-electron chi connectivity index (χ1n) is 12.3. The van der Waals surface area contributed by atoms with Crippen LogP contribution in [-0.2, 0) is 6.42 Å². The third-order valence-corrected chi connectivity index (χ3v) is 6.53. The molecule has 0 aliphatic heterocycles. The maximum atomic E-state index is 6.11. The van der Waals surface area contributed by atoms with Gasteiger partial charge in [0.25, 0.3) is 0 Å². The molecule has 0 radical (unpaired) electrons. The predicted molar refractivity (Wildman–Crippen MR) is 126 cm³/mol. The van der Waals surface area contributed by atoms with Gasteiger partial charge in [0, 0.05) is 11.8 Å². The van der Waals surface area contributed by atoms with Gasteiger partial charge in [-0.15, -0.1) is 0 Å². The summed E-state index contributed by atoms with van der Waals surface area (Å²) in [6.45, 7) is 5.31. The second-order valence-electron chi connectivity index (χ2n) is 9.07. The van der Waals surface area contributed by atoms with Crippen molar-refractivity contribution in [3.05, 3.63) is 42.4 Å². The molecule has 0 unspecified atom stereocenters. The lowest BCUT2D eigenvalue weighted by molar-refractivity contribution is 0.177. The number of nitrogens with zero attached hydrogens (tertiary/aromatic N) is 2. The molecule has 3 rings (SSSR count). The third-order valence-electron chi connectivity index (χ3n) is 6.53. The van der Waals surface area contributed by atoms with Crippen molar-refractivity contribution in [2.45, 2.75) is 90.9 Å². The summed E-state index contributed by atoms with van der Waals surface area (Å²) in [6.07, 6.45) is 19.8. The minimum atomic E-state index is 0.720. The molecule has 1 saturated carbocycles. The lowest BCUT2D eigenvalue weighted by Gasteiger charge is -2.28. The van der Waals surface area contributed by atoms with Gasteiger partial charge in [-0.25, -0.2) is 0 Å². The second kappa shape index (κ2) is 12.7. The molecule has 1 aliphatic carbocycles. The molecule has 0 spiro atoms. The number of hydrogen-bond donors (Lipinski definition) is 0. The Bertz CT molecular complexity index is 703. The topological polar surface area (TPSA) is 35.0 Å². The van der Waals surface area contributed by atoms with Gasteiger partial charge in [0.1, 0.15) is 5.75 Å². The maximum Gasteiger partial charge on any atom is 0.119 e. The zero-order chi connectivity index (χ0) is 21.0. The highest BCUT2D eigenvalue weighted by molar-refractivity contribution is 5.58. The summed E-state index contributed by atoms with van der Waals surface area (Å²) in [4.78, 5) is 9.06. The molecule has 0 bridgehead atoms. The van der Waals surface area contributed by atoms with E-state index in [1.807, 2.05) is 12.4 Å². The van der Waals surface area contributed by atoms with E-state index < -0.39 is 0 Å². The predicted octanol–water partition coefficient (Wildman–Crippen LogP) is 7.64. The minimum Gasteiger partial charge on any atom is -0.493 e. The van der Waals surface area contributed by atoms with Crippen molar-refractivity contribution in [1.82, 2.24) is 9.97 Å². The summed E-state index contributed by atoms with van der Waals surface area (Å²) in [7, 11) is 0. The number of aromatic nitrogens is 2. The first-order chi connectivity index (χ1) is 14.8. The molecule has 0 saturated heterocycles. The van der Waals surface area contributed by atoms with E-state index in [1.165, 1.54) is 64.2 Å². The Labute approximate surface area is 183 Å². The van der Waals surface area contributed by atoms with Crippen molar-refractivity contribution in [1.29, 1.82) is 0 Å². The number of benzene rings is 1. The van der Waals surface area contributed by atoms with Crippen LogP contribution >= 0.6 is 0 Å². The van der Waals surface area contributed by atoms with Crippen molar-refractivity contribution in [2.75, 3.05) is 6.61 Å². The summed E-state index contributed by atoms with van der Waals surface area (Å²) in [5.74, 6) is 2.65. The van der Waals surface area contributed by atoms with E-state index in [2.05, 4.69) is 48.1 Å². The Balaban J connectivity index is 1.36. The van der Waals surface area contributed by atoms with Gasteiger partial charge in [-0.3, -0.25) is 9.97 Å². The Morgan fingerprint density at radius 3 is 2.20 bits per heavy atom. The molecule has 30 heavy (non-hydrogen) atoms. The first kappa shape index (κ1) is 22.8. The highest BCUT2D eigenvalue weighted by Crippen LogP contribution is 2.32. The van der Waals surface area contributed by atoms with Crippen molar-refractivity contribution in [2.24, 2.45) is 11.8 Å². The average Bonchev–Trinajstić information content (AvgIpc) is 2.79. The van der Waals surface area contributed by atoms with Crippen molar-refractivity contribution in [3.8, 4) is 17.0 Å². The van der Waals surface area contributed by atoms with Gasteiger partial charge in [0.05, 0.1) is 24.2 Å². The van der Waals surface area contributed by atoms with Crippen LogP contribution in [0.3, 0.4) is 0 Å². The van der Waals surface area contributed by atoms with Crippen LogP contribution in [0.25, 0.3) is 11.3 Å². The largest absolute Gasteiger partial charge is 0.493 e. The number of ether oxygens (including phenoxy) is 1. The lowest BCUT2D eigenvalue weighted by atomic mass is 9.80. The molecule has 1 aliphatic rings. The van der Waals surface area contributed by atoms with Crippen LogP contribution in [0.4, 0.5) is 0 Å². The van der Waals surface area contributed by atoms with Crippen LogP contribution < -0.4 is 4.74 Å². The summed E-state index contributed by atoms with van der Waals surface area (Å²) in [5, 5.41) is 0. The molecule has 1 fully saturated rings. The van der Waals surface area contributed by atoms with Crippen molar-refractivity contribution < 1.29 is 4.74 Å². The van der Waals surface area contributed by atoms with Crippen molar-refractivity contribution in [3.63, 3.8) is 0 Å². The molecule has 3 nitrogen and oxygen atoms in total. The monoisotopic (exact) mass is 408 g/mol. The Morgan fingerprint density at radius 1 is 0.800 bits per heavy atom. The van der Waals surface area contributed by atoms with Gasteiger partial charge in [-0.1, -0.05) is 71.6 Å². The highest BCUT2D eigenvalue weighted by atomic mass is 16.5. The smallest absolute Gasteiger partial charge is 0.119 e. The maximum absolute atomic E-state index is 6.11. The molecule has 3 heteroatoms. The summed E-state index contributed by atoms with van der Waals surface area (Å²) in [6, 6.07) is 8.32. The van der Waals surface area contributed by atoms with Crippen molar-refractivity contribution >= 4 is 0 Å². The molecule has 2 aromatic rings. The molecule has 1 aromatic carbocycles. The molecule has 0 amide bonds. The third kappa shape index (κ3) is 7.41. The fourth-order valence-corrected chi connectivity index (χ4v) is 4.55. The first-order valence-corrected chi connectivity index (χ1v) is 12.3. The van der Waals surface area contributed by atoms with Gasteiger partial charge in [-0.05, 0) is 55.4 Å². The summed E-state index contributed by atoms with van der Waals surface area (Å²) in [5.41, 5.74) is 3.08. The Hall–Kier alpha value is -1.90. The van der Waals surface area contributed by atoms with Crippen LogP contribution in [0.15, 0.2) is 36.7 Å². The Morgan fingerprint density at radius 2 is 1.53 bits per heavy atom. The quantitative estimate of drug-likeness (QED) is 0.338. The van der Waals surface area contributed by atoms with Crippen LogP contribution in [-0.4, -0.2) is 16.6 Å². The minimum absolute atomic E-state index is 0.720. The van der Waals surface area contributed by atoms with Crippen LogP contribution in [0.1, 0.15) is 90.2 Å². The number of hydrogen-bond acceptors (Lipinski definition) is 3. The molecular weight excluding hydrogens is 368 g/mol. The summed E-state index contributed by atoms with van der Waals surface area (Å²) < 4.78 is 6.11. The lowest BCUT2D eigenvalue weighted by Crippen LogP contribution is -2.20. The number of rotatable bonds is 12. The fourth-order valence-electron chi connectivity index (χ4n) is 4.55. The second-order valence-corrected chi connectivity index (χ2v) is 9.07. The van der Waals surface area contributed by atoms with E-state index in [0.717, 1.165) is 54.0 Å². The molecule has 0 N–H and O–H groups in total. The number of aryl methyl sites for hydroxylation is 1.